The quantitative estimate of drug-likeness (QED) is 0.592. The molecule has 0 radical (unpaired) electrons. The molecule has 0 heterocycles. The second kappa shape index (κ2) is 6.48. The molecule has 15 heavy (non-hydrogen) atoms. The number of carbonyl (C=O) groups is 1. The number of hydrogen-bond acceptors (Lipinski definition) is 1. The van der Waals surface area contributed by atoms with Crippen LogP contribution in [0.1, 0.15) is 18.9 Å². The number of Topliss-reactive ketones (excluding diaryl/α,β-unsaturated/α-hetero) is 1. The van der Waals surface area contributed by atoms with Gasteiger partial charge in [0.2, 0.25) is 0 Å². The van der Waals surface area contributed by atoms with Crippen LogP contribution in [0.2, 0.25) is 0 Å². The lowest BCUT2D eigenvalue weighted by Gasteiger charge is -2.11. The van der Waals surface area contributed by atoms with Gasteiger partial charge in [-0.15, -0.1) is 11.6 Å². The van der Waals surface area contributed by atoms with E-state index in [1.54, 1.807) is 6.92 Å². The zero-order valence-electron chi connectivity index (χ0n) is 8.67. The average molecular weight is 337 g/mol. The monoisotopic (exact) mass is 336 g/mol. The summed E-state index contributed by atoms with van der Waals surface area (Å²) in [5.41, 5.74) is 1.21. The highest BCUT2D eigenvalue weighted by Crippen LogP contribution is 2.15. The van der Waals surface area contributed by atoms with Gasteiger partial charge in [0.05, 0.1) is 0 Å². The first kappa shape index (κ1) is 13.0. The van der Waals surface area contributed by atoms with Crippen LogP contribution in [0.3, 0.4) is 0 Å². The summed E-state index contributed by atoms with van der Waals surface area (Å²) in [6.45, 7) is 1.64. The van der Waals surface area contributed by atoms with Crippen molar-refractivity contribution in [3.8, 4) is 0 Å². The Hall–Kier alpha value is -0.0900. The standard InChI is InChI=1S/C12H14ClIO/c1-9(15)11(6-7-13)8-10-2-4-12(14)5-3-10/h2-5,11H,6-8H2,1H3. The molecule has 82 valence electrons. The van der Waals surface area contributed by atoms with Gasteiger partial charge in [-0.3, -0.25) is 4.79 Å². The van der Waals surface area contributed by atoms with Gasteiger partial charge in [-0.05, 0) is 60.1 Å². The molecule has 0 amide bonds. The van der Waals surface area contributed by atoms with Crippen LogP contribution in [0.4, 0.5) is 0 Å². The van der Waals surface area contributed by atoms with Crippen molar-refractivity contribution < 1.29 is 4.79 Å². The Balaban J connectivity index is 2.65. The maximum atomic E-state index is 11.3. The molecule has 0 bridgehead atoms. The molecule has 0 spiro atoms. The van der Waals surface area contributed by atoms with Crippen molar-refractivity contribution in [1.82, 2.24) is 0 Å². The van der Waals surface area contributed by atoms with Gasteiger partial charge < -0.3 is 0 Å². The molecule has 0 aliphatic heterocycles. The molecule has 1 unspecified atom stereocenters. The third-order valence-electron chi connectivity index (χ3n) is 2.43. The smallest absolute Gasteiger partial charge is 0.133 e. The molecule has 1 nitrogen and oxygen atoms in total. The van der Waals surface area contributed by atoms with Crippen LogP contribution in [0.5, 0.6) is 0 Å². The van der Waals surface area contributed by atoms with Crippen LogP contribution in [0.15, 0.2) is 24.3 Å². The topological polar surface area (TPSA) is 17.1 Å². The lowest BCUT2D eigenvalue weighted by molar-refractivity contribution is -0.120. The van der Waals surface area contributed by atoms with Crippen molar-refractivity contribution in [3.05, 3.63) is 33.4 Å². The average Bonchev–Trinajstić information content (AvgIpc) is 2.20. The van der Waals surface area contributed by atoms with Crippen LogP contribution in [-0.2, 0) is 11.2 Å². The second-order valence-corrected chi connectivity index (χ2v) is 5.24. The molecule has 0 aromatic heterocycles. The van der Waals surface area contributed by atoms with E-state index < -0.39 is 0 Å². The summed E-state index contributed by atoms with van der Waals surface area (Å²) in [6.07, 6.45) is 1.57. The number of alkyl halides is 1. The number of benzene rings is 1. The molecule has 1 atom stereocenters. The van der Waals surface area contributed by atoms with Crippen molar-refractivity contribution in [2.45, 2.75) is 19.8 Å². The fourth-order valence-corrected chi connectivity index (χ4v) is 2.11. The molecule has 1 aromatic carbocycles. The molecule has 0 aliphatic rings. The van der Waals surface area contributed by atoms with Crippen molar-refractivity contribution in [2.75, 3.05) is 5.88 Å². The number of rotatable bonds is 5. The highest BCUT2D eigenvalue weighted by atomic mass is 127. The zero-order valence-corrected chi connectivity index (χ0v) is 11.6. The van der Waals surface area contributed by atoms with E-state index in [9.17, 15) is 4.79 Å². The molecule has 0 fully saturated rings. The van der Waals surface area contributed by atoms with Gasteiger partial charge >= 0.3 is 0 Å². The molecule has 1 aromatic rings. The SMILES string of the molecule is CC(=O)C(CCCl)Cc1ccc(I)cc1. The molecular weight excluding hydrogens is 322 g/mol. The van der Waals surface area contributed by atoms with Crippen LogP contribution in [-0.4, -0.2) is 11.7 Å². The Morgan fingerprint density at radius 3 is 2.47 bits per heavy atom. The number of hydrogen-bond donors (Lipinski definition) is 0. The third-order valence-corrected chi connectivity index (χ3v) is 3.37. The molecule has 0 saturated carbocycles. The van der Waals surface area contributed by atoms with Gasteiger partial charge in [0.1, 0.15) is 5.78 Å². The second-order valence-electron chi connectivity index (χ2n) is 3.62. The van der Waals surface area contributed by atoms with Gasteiger partial charge in [-0.25, -0.2) is 0 Å². The fraction of sp³-hybridized carbons (Fsp3) is 0.417. The maximum absolute atomic E-state index is 11.3. The Morgan fingerprint density at radius 1 is 1.40 bits per heavy atom. The lowest BCUT2D eigenvalue weighted by atomic mass is 9.94. The van der Waals surface area contributed by atoms with Crippen molar-refractivity contribution in [2.24, 2.45) is 5.92 Å². The zero-order chi connectivity index (χ0) is 11.3. The first-order chi connectivity index (χ1) is 7.13. The summed E-state index contributed by atoms with van der Waals surface area (Å²) in [6, 6.07) is 8.28. The highest BCUT2D eigenvalue weighted by Gasteiger charge is 2.13. The van der Waals surface area contributed by atoms with E-state index in [2.05, 4.69) is 46.9 Å². The van der Waals surface area contributed by atoms with Crippen LogP contribution >= 0.6 is 34.2 Å². The minimum Gasteiger partial charge on any atom is -0.300 e. The van der Waals surface area contributed by atoms with Gasteiger partial charge in [-0.2, -0.15) is 0 Å². The summed E-state index contributed by atoms with van der Waals surface area (Å²) < 4.78 is 1.22. The van der Waals surface area contributed by atoms with E-state index in [1.807, 2.05) is 0 Å². The predicted octanol–water partition coefficient (Wildman–Crippen LogP) is 3.67. The van der Waals surface area contributed by atoms with Crippen LogP contribution in [0, 0.1) is 9.49 Å². The maximum Gasteiger partial charge on any atom is 0.133 e. The third kappa shape index (κ3) is 4.51. The molecule has 3 heteroatoms. The molecule has 0 N–H and O–H groups in total. The van der Waals surface area contributed by atoms with Crippen molar-refractivity contribution in [3.63, 3.8) is 0 Å². The van der Waals surface area contributed by atoms with Crippen LogP contribution < -0.4 is 0 Å². The van der Waals surface area contributed by atoms with Crippen molar-refractivity contribution >= 4 is 40.0 Å². The van der Waals surface area contributed by atoms with Crippen LogP contribution in [0.25, 0.3) is 0 Å². The normalized spacial score (nSPS) is 12.5. The lowest BCUT2D eigenvalue weighted by Crippen LogP contribution is -2.14. The summed E-state index contributed by atoms with van der Waals surface area (Å²) in [4.78, 5) is 11.3. The number of carbonyl (C=O) groups excluding carboxylic acids is 1. The number of ketones is 1. The summed E-state index contributed by atoms with van der Waals surface area (Å²) in [5, 5.41) is 0. The summed E-state index contributed by atoms with van der Waals surface area (Å²) in [5.74, 6) is 0.853. The highest BCUT2D eigenvalue weighted by molar-refractivity contribution is 14.1. The Kier molecular flexibility index (Phi) is 5.61. The van der Waals surface area contributed by atoms with E-state index in [-0.39, 0.29) is 11.7 Å². The Morgan fingerprint density at radius 2 is 2.00 bits per heavy atom. The molecular formula is C12H14ClIO. The molecule has 0 saturated heterocycles. The first-order valence-electron chi connectivity index (χ1n) is 4.94. The summed E-state index contributed by atoms with van der Waals surface area (Å²) >= 11 is 7.95. The van der Waals surface area contributed by atoms with Gasteiger partial charge in [0, 0.05) is 15.4 Å². The molecule has 0 aliphatic carbocycles. The Labute approximate surface area is 109 Å². The van der Waals surface area contributed by atoms with Crippen molar-refractivity contribution in [1.29, 1.82) is 0 Å². The van der Waals surface area contributed by atoms with E-state index in [0.29, 0.717) is 5.88 Å². The number of halogens is 2. The van der Waals surface area contributed by atoms with Gasteiger partial charge in [0.25, 0.3) is 0 Å². The minimum absolute atomic E-state index is 0.0718. The fourth-order valence-electron chi connectivity index (χ4n) is 1.49. The summed E-state index contributed by atoms with van der Waals surface area (Å²) in [7, 11) is 0. The van der Waals surface area contributed by atoms with Gasteiger partial charge in [0.15, 0.2) is 0 Å². The van der Waals surface area contributed by atoms with E-state index in [1.165, 1.54) is 9.13 Å². The Bertz CT molecular complexity index is 321. The van der Waals surface area contributed by atoms with E-state index in [0.717, 1.165) is 12.8 Å². The largest absolute Gasteiger partial charge is 0.300 e. The minimum atomic E-state index is 0.0718. The van der Waals surface area contributed by atoms with E-state index >= 15 is 0 Å². The molecule has 1 rings (SSSR count). The first-order valence-corrected chi connectivity index (χ1v) is 6.55. The predicted molar refractivity (Wildman–Crippen MR) is 72.4 cm³/mol. The van der Waals surface area contributed by atoms with E-state index in [4.69, 9.17) is 11.6 Å². The van der Waals surface area contributed by atoms with Gasteiger partial charge in [-0.1, -0.05) is 12.1 Å².